The molecule has 0 spiro atoms. The molecule has 2 heterocycles. The molecule has 2 rings (SSSR count). The number of rotatable bonds is 2. The van der Waals surface area contributed by atoms with E-state index < -0.39 is 5.60 Å². The second-order valence-corrected chi connectivity index (χ2v) is 6.26. The van der Waals surface area contributed by atoms with Crippen LogP contribution >= 0.6 is 0 Å². The van der Waals surface area contributed by atoms with Gasteiger partial charge in [0.15, 0.2) is 0 Å². The number of piperidine rings is 1. The summed E-state index contributed by atoms with van der Waals surface area (Å²) in [5.74, 6) is 0.536. The maximum absolute atomic E-state index is 12.1. The van der Waals surface area contributed by atoms with Crippen molar-refractivity contribution in [2.45, 2.75) is 52.2 Å². The highest BCUT2D eigenvalue weighted by Crippen LogP contribution is 2.20. The van der Waals surface area contributed by atoms with Crippen molar-refractivity contribution in [3.63, 3.8) is 0 Å². The number of amides is 1. The standard InChI is InChI=1S/C15H23N3O3/c1-11-13(17-8-7-16-11)20-12-6-5-9-18(10-12)14(19)21-15(2,3)4/h7-8,12H,5-6,9-10H2,1-4H3. The van der Waals surface area contributed by atoms with Gasteiger partial charge in [-0.15, -0.1) is 0 Å². The lowest BCUT2D eigenvalue weighted by Gasteiger charge is -2.34. The molecule has 1 aliphatic heterocycles. The molecule has 1 fully saturated rings. The van der Waals surface area contributed by atoms with E-state index in [0.29, 0.717) is 19.0 Å². The molecule has 0 saturated carbocycles. The minimum Gasteiger partial charge on any atom is -0.471 e. The summed E-state index contributed by atoms with van der Waals surface area (Å²) in [5, 5.41) is 0. The van der Waals surface area contributed by atoms with Crippen LogP contribution in [0.4, 0.5) is 4.79 Å². The molecule has 1 atom stereocenters. The van der Waals surface area contributed by atoms with E-state index in [0.717, 1.165) is 18.5 Å². The van der Waals surface area contributed by atoms with Gasteiger partial charge in [-0.3, -0.25) is 4.98 Å². The monoisotopic (exact) mass is 293 g/mol. The molecule has 21 heavy (non-hydrogen) atoms. The molecule has 0 bridgehead atoms. The van der Waals surface area contributed by atoms with Gasteiger partial charge in [0.1, 0.15) is 11.7 Å². The fourth-order valence-corrected chi connectivity index (χ4v) is 2.20. The lowest BCUT2D eigenvalue weighted by atomic mass is 10.1. The molecular formula is C15H23N3O3. The average molecular weight is 293 g/mol. The third-order valence-corrected chi connectivity index (χ3v) is 3.14. The van der Waals surface area contributed by atoms with Crippen molar-refractivity contribution in [3.05, 3.63) is 18.1 Å². The Hall–Kier alpha value is -1.85. The molecule has 1 aromatic rings. The number of aromatic nitrogens is 2. The van der Waals surface area contributed by atoms with Crippen molar-refractivity contribution < 1.29 is 14.3 Å². The van der Waals surface area contributed by atoms with Crippen molar-refractivity contribution in [3.8, 4) is 5.88 Å². The normalized spacial score (nSPS) is 19.2. The Labute approximate surface area is 125 Å². The van der Waals surface area contributed by atoms with E-state index in [2.05, 4.69) is 9.97 Å². The van der Waals surface area contributed by atoms with Crippen molar-refractivity contribution in [1.29, 1.82) is 0 Å². The van der Waals surface area contributed by atoms with Gasteiger partial charge in [-0.25, -0.2) is 9.78 Å². The number of likely N-dealkylation sites (tertiary alicyclic amines) is 1. The van der Waals surface area contributed by atoms with Gasteiger partial charge in [0.2, 0.25) is 5.88 Å². The smallest absolute Gasteiger partial charge is 0.410 e. The number of carbonyl (C=O) groups is 1. The van der Waals surface area contributed by atoms with Crippen molar-refractivity contribution in [1.82, 2.24) is 14.9 Å². The van der Waals surface area contributed by atoms with Crippen molar-refractivity contribution >= 4 is 6.09 Å². The van der Waals surface area contributed by atoms with Crippen LogP contribution in [0.3, 0.4) is 0 Å². The van der Waals surface area contributed by atoms with E-state index in [1.165, 1.54) is 0 Å². The first kappa shape index (κ1) is 15.5. The van der Waals surface area contributed by atoms with Crippen LogP contribution in [0.25, 0.3) is 0 Å². The zero-order chi connectivity index (χ0) is 15.5. The summed E-state index contributed by atoms with van der Waals surface area (Å²) >= 11 is 0. The third-order valence-electron chi connectivity index (χ3n) is 3.14. The van der Waals surface area contributed by atoms with Gasteiger partial charge in [-0.2, -0.15) is 0 Å². The molecule has 1 amide bonds. The summed E-state index contributed by atoms with van der Waals surface area (Å²) in [6.45, 7) is 8.68. The van der Waals surface area contributed by atoms with Gasteiger partial charge in [0.05, 0.1) is 12.2 Å². The van der Waals surface area contributed by atoms with Crippen LogP contribution < -0.4 is 4.74 Å². The number of ether oxygens (including phenoxy) is 2. The maximum Gasteiger partial charge on any atom is 0.410 e. The third kappa shape index (κ3) is 4.58. The Morgan fingerprint density at radius 3 is 2.71 bits per heavy atom. The number of carbonyl (C=O) groups excluding carboxylic acids is 1. The molecule has 1 unspecified atom stereocenters. The Morgan fingerprint density at radius 2 is 2.05 bits per heavy atom. The average Bonchev–Trinajstić information content (AvgIpc) is 2.40. The Bertz CT molecular complexity index is 499. The van der Waals surface area contributed by atoms with Crippen LogP contribution in [0.5, 0.6) is 5.88 Å². The molecule has 1 aliphatic rings. The van der Waals surface area contributed by atoms with Crippen molar-refractivity contribution in [2.75, 3.05) is 13.1 Å². The molecular weight excluding hydrogens is 270 g/mol. The van der Waals surface area contributed by atoms with E-state index in [-0.39, 0.29) is 12.2 Å². The number of hydrogen-bond acceptors (Lipinski definition) is 5. The first-order valence-corrected chi connectivity index (χ1v) is 7.27. The largest absolute Gasteiger partial charge is 0.471 e. The van der Waals surface area contributed by atoms with Gasteiger partial charge in [0, 0.05) is 18.9 Å². The Kier molecular flexibility index (Phi) is 4.65. The number of nitrogens with zero attached hydrogens (tertiary/aromatic N) is 3. The molecule has 0 aromatic carbocycles. The van der Waals surface area contributed by atoms with E-state index in [1.54, 1.807) is 17.3 Å². The molecule has 0 N–H and O–H groups in total. The van der Waals surface area contributed by atoms with Gasteiger partial charge in [0.25, 0.3) is 0 Å². The SMILES string of the molecule is Cc1nccnc1OC1CCCN(C(=O)OC(C)(C)C)C1. The molecule has 116 valence electrons. The van der Waals surface area contributed by atoms with Crippen LogP contribution in [0.15, 0.2) is 12.4 Å². The van der Waals surface area contributed by atoms with E-state index in [9.17, 15) is 4.79 Å². The van der Waals surface area contributed by atoms with E-state index in [4.69, 9.17) is 9.47 Å². The zero-order valence-electron chi connectivity index (χ0n) is 13.1. The first-order valence-electron chi connectivity index (χ1n) is 7.27. The fourth-order valence-electron chi connectivity index (χ4n) is 2.20. The number of aryl methyl sites for hydroxylation is 1. The first-order chi connectivity index (χ1) is 9.85. The van der Waals surface area contributed by atoms with Crippen LogP contribution in [-0.2, 0) is 4.74 Å². The highest BCUT2D eigenvalue weighted by atomic mass is 16.6. The van der Waals surface area contributed by atoms with Crippen molar-refractivity contribution in [2.24, 2.45) is 0 Å². The quantitative estimate of drug-likeness (QED) is 0.838. The Balaban J connectivity index is 1.95. The molecule has 0 aliphatic carbocycles. The minimum absolute atomic E-state index is 0.0679. The second kappa shape index (κ2) is 6.28. The zero-order valence-corrected chi connectivity index (χ0v) is 13.1. The van der Waals surface area contributed by atoms with Gasteiger partial charge in [-0.05, 0) is 40.5 Å². The molecule has 6 heteroatoms. The fraction of sp³-hybridized carbons (Fsp3) is 0.667. The minimum atomic E-state index is -0.480. The summed E-state index contributed by atoms with van der Waals surface area (Å²) in [5.41, 5.74) is 0.277. The summed E-state index contributed by atoms with van der Waals surface area (Å²) in [7, 11) is 0. The maximum atomic E-state index is 12.1. The summed E-state index contributed by atoms with van der Waals surface area (Å²) in [6.07, 6.45) is 4.68. The van der Waals surface area contributed by atoms with E-state index >= 15 is 0 Å². The van der Waals surface area contributed by atoms with Gasteiger partial charge < -0.3 is 14.4 Å². The van der Waals surface area contributed by atoms with Gasteiger partial charge in [-0.1, -0.05) is 0 Å². The van der Waals surface area contributed by atoms with Crippen LogP contribution in [0.1, 0.15) is 39.3 Å². The summed E-state index contributed by atoms with van der Waals surface area (Å²) < 4.78 is 11.3. The lowest BCUT2D eigenvalue weighted by Crippen LogP contribution is -2.46. The van der Waals surface area contributed by atoms with E-state index in [1.807, 2.05) is 27.7 Å². The highest BCUT2D eigenvalue weighted by Gasteiger charge is 2.29. The van der Waals surface area contributed by atoms with Crippen LogP contribution in [0.2, 0.25) is 0 Å². The molecule has 1 saturated heterocycles. The van der Waals surface area contributed by atoms with Crippen LogP contribution in [-0.4, -0.2) is 45.8 Å². The molecule has 0 radical (unpaired) electrons. The Morgan fingerprint density at radius 1 is 1.33 bits per heavy atom. The number of hydrogen-bond donors (Lipinski definition) is 0. The van der Waals surface area contributed by atoms with Gasteiger partial charge >= 0.3 is 6.09 Å². The highest BCUT2D eigenvalue weighted by molar-refractivity contribution is 5.68. The lowest BCUT2D eigenvalue weighted by molar-refractivity contribution is 0.00709. The summed E-state index contributed by atoms with van der Waals surface area (Å²) in [6, 6.07) is 0. The summed E-state index contributed by atoms with van der Waals surface area (Å²) in [4.78, 5) is 22.1. The molecule has 6 nitrogen and oxygen atoms in total. The predicted octanol–water partition coefficient (Wildman–Crippen LogP) is 2.56. The predicted molar refractivity (Wildman–Crippen MR) is 78.2 cm³/mol. The second-order valence-electron chi connectivity index (χ2n) is 6.26. The molecule has 1 aromatic heterocycles. The topological polar surface area (TPSA) is 64.6 Å². The van der Waals surface area contributed by atoms with Crippen LogP contribution in [0, 0.1) is 6.92 Å².